The number of aromatic nitrogens is 1. The van der Waals surface area contributed by atoms with E-state index in [4.69, 9.17) is 0 Å². The van der Waals surface area contributed by atoms with Gasteiger partial charge in [-0.2, -0.15) is 0 Å². The van der Waals surface area contributed by atoms with E-state index in [1.807, 2.05) is 5.38 Å². The van der Waals surface area contributed by atoms with E-state index in [0.29, 0.717) is 18.0 Å². The molecule has 1 aromatic rings. The first-order chi connectivity index (χ1) is 10.1. The molecule has 0 atom stereocenters. The van der Waals surface area contributed by atoms with E-state index >= 15 is 0 Å². The molecule has 1 aromatic heterocycles. The Hall–Kier alpha value is -1.18. The van der Waals surface area contributed by atoms with E-state index in [-0.39, 0.29) is 30.2 Å². The topological polar surface area (TPSA) is 71.5 Å². The predicted octanol–water partition coefficient (Wildman–Crippen LogP) is 1.63. The lowest BCUT2D eigenvalue weighted by Crippen LogP contribution is -2.39. The lowest BCUT2D eigenvalue weighted by atomic mass is 9.97. The molecule has 0 aromatic carbocycles. The molecule has 0 aliphatic carbocycles. The number of ether oxygens (including phenoxy) is 1. The standard InChI is InChI=1S/C14H21N3O3S.ClH/c1-17(13(19)10-5-7-15-8-6-10)14-16-11(9-21-14)3-4-12(18)20-2;/h9-10,15H,3-8H2,1-2H3;1H. The van der Waals surface area contributed by atoms with Gasteiger partial charge >= 0.3 is 5.97 Å². The molecule has 6 nitrogen and oxygen atoms in total. The fourth-order valence-electron chi connectivity index (χ4n) is 2.33. The number of hydrogen-bond acceptors (Lipinski definition) is 6. The first-order valence-electron chi connectivity index (χ1n) is 7.11. The molecule has 1 saturated heterocycles. The third-order valence-corrected chi connectivity index (χ3v) is 4.62. The van der Waals surface area contributed by atoms with Crippen LogP contribution in [0.5, 0.6) is 0 Å². The summed E-state index contributed by atoms with van der Waals surface area (Å²) in [4.78, 5) is 29.6. The molecule has 0 bridgehead atoms. The average molecular weight is 348 g/mol. The van der Waals surface area contributed by atoms with Crippen molar-refractivity contribution in [2.75, 3.05) is 32.1 Å². The van der Waals surface area contributed by atoms with Gasteiger partial charge in [0.15, 0.2) is 5.13 Å². The summed E-state index contributed by atoms with van der Waals surface area (Å²) in [7, 11) is 3.15. The summed E-state index contributed by atoms with van der Waals surface area (Å²) in [6, 6.07) is 0. The maximum absolute atomic E-state index is 12.4. The third kappa shape index (κ3) is 4.93. The summed E-state index contributed by atoms with van der Waals surface area (Å²) in [5.74, 6) is -0.0345. The number of piperidine rings is 1. The van der Waals surface area contributed by atoms with Gasteiger partial charge in [0, 0.05) is 24.8 Å². The van der Waals surface area contributed by atoms with Crippen LogP contribution in [-0.4, -0.2) is 44.1 Å². The van der Waals surface area contributed by atoms with Gasteiger partial charge in [0.2, 0.25) is 5.91 Å². The highest BCUT2D eigenvalue weighted by molar-refractivity contribution is 7.14. The third-order valence-electron chi connectivity index (χ3n) is 3.66. The van der Waals surface area contributed by atoms with Crippen molar-refractivity contribution in [1.82, 2.24) is 10.3 Å². The van der Waals surface area contributed by atoms with Crippen LogP contribution in [0.2, 0.25) is 0 Å². The Labute approximate surface area is 140 Å². The minimum Gasteiger partial charge on any atom is -0.469 e. The minimum absolute atomic E-state index is 0. The summed E-state index contributed by atoms with van der Waals surface area (Å²) in [5.41, 5.74) is 0.824. The number of esters is 1. The van der Waals surface area contributed by atoms with Crippen LogP contribution in [0.3, 0.4) is 0 Å². The number of nitrogens with zero attached hydrogens (tertiary/aromatic N) is 2. The molecular weight excluding hydrogens is 326 g/mol. The maximum Gasteiger partial charge on any atom is 0.305 e. The Morgan fingerprint density at radius 2 is 2.14 bits per heavy atom. The lowest BCUT2D eigenvalue weighted by molar-refractivity contribution is -0.140. The van der Waals surface area contributed by atoms with Crippen molar-refractivity contribution < 1.29 is 14.3 Å². The van der Waals surface area contributed by atoms with E-state index in [1.54, 1.807) is 11.9 Å². The van der Waals surface area contributed by atoms with Gasteiger partial charge in [0.05, 0.1) is 19.2 Å². The Balaban J connectivity index is 0.00000242. The Bertz CT molecular complexity index is 503. The highest BCUT2D eigenvalue weighted by Crippen LogP contribution is 2.24. The van der Waals surface area contributed by atoms with Crippen molar-refractivity contribution in [3.05, 3.63) is 11.1 Å². The van der Waals surface area contributed by atoms with Crippen molar-refractivity contribution in [3.63, 3.8) is 0 Å². The van der Waals surface area contributed by atoms with Crippen molar-refractivity contribution in [3.8, 4) is 0 Å². The number of amides is 1. The Kier molecular flexibility index (Phi) is 7.78. The number of thiazole rings is 1. The molecule has 1 amide bonds. The zero-order chi connectivity index (χ0) is 15.2. The number of rotatable bonds is 5. The molecule has 8 heteroatoms. The van der Waals surface area contributed by atoms with E-state index < -0.39 is 0 Å². The van der Waals surface area contributed by atoms with Crippen LogP contribution in [0.1, 0.15) is 25.0 Å². The zero-order valence-electron chi connectivity index (χ0n) is 12.8. The molecule has 1 aliphatic heterocycles. The van der Waals surface area contributed by atoms with Gasteiger partial charge in [0.25, 0.3) is 0 Å². The van der Waals surface area contributed by atoms with Gasteiger partial charge in [-0.1, -0.05) is 0 Å². The highest BCUT2D eigenvalue weighted by Gasteiger charge is 2.25. The van der Waals surface area contributed by atoms with Gasteiger partial charge in [-0.05, 0) is 25.9 Å². The second kappa shape index (κ2) is 9.07. The first kappa shape index (κ1) is 18.9. The second-order valence-electron chi connectivity index (χ2n) is 5.12. The van der Waals surface area contributed by atoms with E-state index in [2.05, 4.69) is 15.0 Å². The van der Waals surface area contributed by atoms with Crippen molar-refractivity contribution in [1.29, 1.82) is 0 Å². The zero-order valence-corrected chi connectivity index (χ0v) is 14.5. The quantitative estimate of drug-likeness (QED) is 0.820. The fourth-order valence-corrected chi connectivity index (χ4v) is 3.16. The molecule has 2 rings (SSSR count). The SMILES string of the molecule is COC(=O)CCc1csc(N(C)C(=O)C2CCNCC2)n1.Cl. The van der Waals surface area contributed by atoms with Crippen LogP contribution in [0.15, 0.2) is 5.38 Å². The van der Waals surface area contributed by atoms with Crippen LogP contribution in [0.4, 0.5) is 5.13 Å². The summed E-state index contributed by atoms with van der Waals surface area (Å²) >= 11 is 1.44. The van der Waals surface area contributed by atoms with Gasteiger partial charge in [-0.3, -0.25) is 14.5 Å². The van der Waals surface area contributed by atoms with E-state index in [9.17, 15) is 9.59 Å². The van der Waals surface area contributed by atoms with Gasteiger partial charge in [-0.25, -0.2) is 4.98 Å². The molecule has 1 aliphatic rings. The number of nitrogens with one attached hydrogen (secondary N) is 1. The van der Waals surface area contributed by atoms with Gasteiger partial charge < -0.3 is 10.1 Å². The van der Waals surface area contributed by atoms with Crippen LogP contribution in [0.25, 0.3) is 0 Å². The molecular formula is C14H22ClN3O3S. The summed E-state index contributed by atoms with van der Waals surface area (Å²) < 4.78 is 4.61. The first-order valence-corrected chi connectivity index (χ1v) is 7.99. The fraction of sp³-hybridized carbons (Fsp3) is 0.643. The van der Waals surface area contributed by atoms with Gasteiger partial charge in [0.1, 0.15) is 0 Å². The van der Waals surface area contributed by atoms with Crippen LogP contribution in [-0.2, 0) is 20.7 Å². The van der Waals surface area contributed by atoms with E-state index in [1.165, 1.54) is 18.4 Å². The average Bonchev–Trinajstić information content (AvgIpc) is 3.00. The Morgan fingerprint density at radius 3 is 2.77 bits per heavy atom. The number of carbonyl (C=O) groups excluding carboxylic acids is 2. The lowest BCUT2D eigenvalue weighted by Gasteiger charge is -2.25. The molecule has 1 N–H and O–H groups in total. The van der Waals surface area contributed by atoms with E-state index in [0.717, 1.165) is 31.6 Å². The molecule has 0 unspecified atom stereocenters. The number of aryl methyl sites for hydroxylation is 1. The number of halogens is 1. The number of anilines is 1. The summed E-state index contributed by atoms with van der Waals surface area (Å²) in [6.45, 7) is 1.79. The second-order valence-corrected chi connectivity index (χ2v) is 5.96. The molecule has 1 fully saturated rings. The molecule has 124 valence electrons. The van der Waals surface area contributed by atoms with Crippen LogP contribution < -0.4 is 10.2 Å². The monoisotopic (exact) mass is 347 g/mol. The number of methoxy groups -OCH3 is 1. The Morgan fingerprint density at radius 1 is 1.45 bits per heavy atom. The maximum atomic E-state index is 12.4. The van der Waals surface area contributed by atoms with Crippen LogP contribution in [0, 0.1) is 5.92 Å². The summed E-state index contributed by atoms with van der Waals surface area (Å²) in [6.07, 6.45) is 2.61. The molecule has 0 spiro atoms. The minimum atomic E-state index is -0.247. The normalized spacial score (nSPS) is 15.0. The van der Waals surface area contributed by atoms with Gasteiger partial charge in [-0.15, -0.1) is 23.7 Å². The highest BCUT2D eigenvalue weighted by atomic mass is 35.5. The molecule has 0 saturated carbocycles. The molecule has 22 heavy (non-hydrogen) atoms. The summed E-state index contributed by atoms with van der Waals surface area (Å²) in [5, 5.41) is 5.84. The molecule has 2 heterocycles. The number of hydrogen-bond donors (Lipinski definition) is 1. The molecule has 0 radical (unpaired) electrons. The van der Waals surface area contributed by atoms with Crippen molar-refractivity contribution in [2.24, 2.45) is 5.92 Å². The number of carbonyl (C=O) groups is 2. The largest absolute Gasteiger partial charge is 0.469 e. The smallest absolute Gasteiger partial charge is 0.305 e. The van der Waals surface area contributed by atoms with Crippen LogP contribution >= 0.6 is 23.7 Å². The predicted molar refractivity (Wildman–Crippen MR) is 88.7 cm³/mol. The van der Waals surface area contributed by atoms with Crippen molar-refractivity contribution in [2.45, 2.75) is 25.7 Å². The van der Waals surface area contributed by atoms with Crippen molar-refractivity contribution >= 4 is 40.8 Å².